The Kier molecular flexibility index (Phi) is 7.45. The summed E-state index contributed by atoms with van der Waals surface area (Å²) in [4.78, 5) is 9.05. The van der Waals surface area contributed by atoms with Crippen LogP contribution in [0.25, 0.3) is 11.0 Å². The maximum Gasteiger partial charge on any atom is 0.191 e. The van der Waals surface area contributed by atoms with Crippen molar-refractivity contribution in [3.8, 4) is 0 Å². The van der Waals surface area contributed by atoms with E-state index in [9.17, 15) is 0 Å². The van der Waals surface area contributed by atoms with Crippen LogP contribution in [0.15, 0.2) is 72.0 Å². The lowest BCUT2D eigenvalue weighted by Crippen LogP contribution is -2.37. The third kappa shape index (κ3) is 4.99. The fourth-order valence-corrected chi connectivity index (χ4v) is 3.37. The highest BCUT2D eigenvalue weighted by Crippen LogP contribution is 2.14. The van der Waals surface area contributed by atoms with E-state index in [2.05, 4.69) is 55.6 Å². The van der Waals surface area contributed by atoms with Gasteiger partial charge in [-0.1, -0.05) is 36.4 Å². The summed E-state index contributed by atoms with van der Waals surface area (Å²) >= 11 is 0. The van der Waals surface area contributed by atoms with Gasteiger partial charge in [0, 0.05) is 33.0 Å². The molecule has 0 atom stereocenters. The van der Waals surface area contributed by atoms with Crippen LogP contribution in [0.3, 0.4) is 0 Å². The van der Waals surface area contributed by atoms with E-state index in [1.54, 1.807) is 13.2 Å². The van der Waals surface area contributed by atoms with E-state index in [-0.39, 0.29) is 24.0 Å². The topological polar surface area (TPSA) is 72.1 Å². The lowest BCUT2D eigenvalue weighted by Gasteiger charge is -2.14. The molecule has 0 saturated carbocycles. The van der Waals surface area contributed by atoms with Gasteiger partial charge in [0.15, 0.2) is 5.96 Å². The molecule has 7 nitrogen and oxygen atoms in total. The summed E-state index contributed by atoms with van der Waals surface area (Å²) in [6.07, 6.45) is 3.77. The van der Waals surface area contributed by atoms with Crippen LogP contribution in [0.4, 0.5) is 0 Å². The van der Waals surface area contributed by atoms with Gasteiger partial charge in [-0.25, -0.2) is 4.98 Å². The van der Waals surface area contributed by atoms with E-state index in [4.69, 9.17) is 4.98 Å². The number of hydrogen-bond donors (Lipinski definition) is 2. The largest absolute Gasteiger partial charge is 0.352 e. The average molecular weight is 515 g/mol. The number of benzene rings is 2. The Morgan fingerprint density at radius 3 is 2.43 bits per heavy atom. The van der Waals surface area contributed by atoms with Crippen molar-refractivity contribution in [3.63, 3.8) is 0 Å². The lowest BCUT2D eigenvalue weighted by atomic mass is 10.1. The SMILES string of the molecule is CN=C(NCc1ccccc1Cn1cccn1)NCc1nc2ccccc2n1C.I. The standard InChI is InChI=1S/C22H25N7.HI/c1-23-22(25-15-21-27-19-10-5-6-11-20(19)28(21)2)24-14-17-8-3-4-9-18(17)16-29-13-7-12-26-29;/h3-13H,14-16H2,1-2H3,(H2,23,24,25);1H. The van der Waals surface area contributed by atoms with Gasteiger partial charge in [-0.2, -0.15) is 5.10 Å². The van der Waals surface area contributed by atoms with Crippen LogP contribution in [-0.2, 0) is 26.7 Å². The van der Waals surface area contributed by atoms with Gasteiger partial charge in [0.05, 0.1) is 24.1 Å². The zero-order valence-corrected chi connectivity index (χ0v) is 19.4. The second kappa shape index (κ2) is 10.2. The molecule has 2 aromatic carbocycles. The minimum absolute atomic E-state index is 0. The highest BCUT2D eigenvalue weighted by molar-refractivity contribution is 14.0. The zero-order chi connectivity index (χ0) is 20.1. The van der Waals surface area contributed by atoms with Crippen LogP contribution >= 0.6 is 24.0 Å². The van der Waals surface area contributed by atoms with Crippen molar-refractivity contribution >= 4 is 41.0 Å². The average Bonchev–Trinajstić information content (AvgIpc) is 3.37. The molecule has 0 amide bonds. The molecule has 4 aromatic rings. The number of rotatable bonds is 6. The van der Waals surface area contributed by atoms with E-state index < -0.39 is 0 Å². The summed E-state index contributed by atoms with van der Waals surface area (Å²) in [7, 11) is 3.81. The van der Waals surface area contributed by atoms with Gasteiger partial charge < -0.3 is 15.2 Å². The monoisotopic (exact) mass is 515 g/mol. The molecule has 0 spiro atoms. The molecule has 2 heterocycles. The molecule has 2 N–H and O–H groups in total. The molecule has 0 bridgehead atoms. The second-order valence-corrected chi connectivity index (χ2v) is 6.83. The molecule has 0 aliphatic heterocycles. The number of fused-ring (bicyclic) bond motifs is 1. The summed E-state index contributed by atoms with van der Waals surface area (Å²) in [6, 6.07) is 18.5. The van der Waals surface area contributed by atoms with E-state index in [1.165, 1.54) is 11.1 Å². The molecular weight excluding hydrogens is 489 g/mol. The van der Waals surface area contributed by atoms with Gasteiger partial charge in [0.1, 0.15) is 5.82 Å². The Labute approximate surface area is 193 Å². The highest BCUT2D eigenvalue weighted by Gasteiger charge is 2.08. The van der Waals surface area contributed by atoms with Crippen molar-refractivity contribution in [2.75, 3.05) is 7.05 Å². The summed E-state index contributed by atoms with van der Waals surface area (Å²) in [5.74, 6) is 1.71. The molecule has 30 heavy (non-hydrogen) atoms. The minimum atomic E-state index is 0. The number of para-hydroxylation sites is 2. The van der Waals surface area contributed by atoms with E-state index in [0.717, 1.165) is 29.4 Å². The van der Waals surface area contributed by atoms with Crippen molar-refractivity contribution in [1.82, 2.24) is 30.0 Å². The third-order valence-corrected chi connectivity index (χ3v) is 4.97. The lowest BCUT2D eigenvalue weighted by molar-refractivity contribution is 0.676. The van der Waals surface area contributed by atoms with Gasteiger partial charge in [0.2, 0.25) is 0 Å². The molecule has 0 aliphatic rings. The van der Waals surface area contributed by atoms with E-state index >= 15 is 0 Å². The first-order valence-corrected chi connectivity index (χ1v) is 9.63. The Balaban J connectivity index is 0.00000256. The van der Waals surface area contributed by atoms with E-state index in [1.807, 2.05) is 42.2 Å². The van der Waals surface area contributed by atoms with Gasteiger partial charge in [-0.05, 0) is 29.3 Å². The van der Waals surface area contributed by atoms with E-state index in [0.29, 0.717) is 13.1 Å². The first-order valence-electron chi connectivity index (χ1n) is 9.63. The maximum atomic E-state index is 4.70. The van der Waals surface area contributed by atoms with Crippen LogP contribution in [0.1, 0.15) is 17.0 Å². The number of halogens is 1. The van der Waals surface area contributed by atoms with Crippen LogP contribution in [0.5, 0.6) is 0 Å². The molecule has 0 unspecified atom stereocenters. The molecule has 2 aromatic heterocycles. The van der Waals surface area contributed by atoms with Gasteiger partial charge in [-0.3, -0.25) is 9.67 Å². The first-order chi connectivity index (χ1) is 14.2. The smallest absolute Gasteiger partial charge is 0.191 e. The summed E-state index contributed by atoms with van der Waals surface area (Å²) in [5.41, 5.74) is 4.57. The van der Waals surface area contributed by atoms with Gasteiger partial charge in [-0.15, -0.1) is 24.0 Å². The Morgan fingerprint density at radius 2 is 1.70 bits per heavy atom. The van der Waals surface area contributed by atoms with Crippen LogP contribution in [-0.4, -0.2) is 32.3 Å². The molecule has 4 rings (SSSR count). The van der Waals surface area contributed by atoms with Crippen LogP contribution < -0.4 is 10.6 Å². The zero-order valence-electron chi connectivity index (χ0n) is 17.1. The third-order valence-electron chi connectivity index (χ3n) is 4.97. The number of aliphatic imine (C=N–C) groups is 1. The number of hydrogen-bond acceptors (Lipinski definition) is 3. The molecule has 0 saturated heterocycles. The molecule has 0 fully saturated rings. The molecule has 156 valence electrons. The van der Waals surface area contributed by atoms with Gasteiger partial charge >= 0.3 is 0 Å². The Morgan fingerprint density at radius 1 is 0.967 bits per heavy atom. The normalized spacial score (nSPS) is 11.3. The number of aryl methyl sites for hydroxylation is 1. The minimum Gasteiger partial charge on any atom is -0.352 e. The van der Waals surface area contributed by atoms with Crippen LogP contribution in [0, 0.1) is 0 Å². The van der Waals surface area contributed by atoms with Crippen molar-refractivity contribution < 1.29 is 0 Å². The fourth-order valence-electron chi connectivity index (χ4n) is 3.37. The van der Waals surface area contributed by atoms with Crippen molar-refractivity contribution in [1.29, 1.82) is 0 Å². The Bertz CT molecular complexity index is 1120. The predicted octanol–water partition coefficient (Wildman–Crippen LogP) is 3.30. The number of aromatic nitrogens is 4. The van der Waals surface area contributed by atoms with Gasteiger partial charge in [0.25, 0.3) is 0 Å². The van der Waals surface area contributed by atoms with Crippen LogP contribution in [0.2, 0.25) is 0 Å². The molecule has 0 aliphatic carbocycles. The predicted molar refractivity (Wildman–Crippen MR) is 131 cm³/mol. The first kappa shape index (κ1) is 21.8. The number of imidazole rings is 1. The number of guanidine groups is 1. The van der Waals surface area contributed by atoms with Crippen molar-refractivity contribution in [2.45, 2.75) is 19.6 Å². The van der Waals surface area contributed by atoms with Crippen molar-refractivity contribution in [3.05, 3.63) is 83.9 Å². The Hall–Kier alpha value is -2.88. The maximum absolute atomic E-state index is 4.70. The fraction of sp³-hybridized carbons (Fsp3) is 0.227. The van der Waals surface area contributed by atoms with Crippen molar-refractivity contribution in [2.24, 2.45) is 12.0 Å². The molecular formula is C22H26IN7. The highest BCUT2D eigenvalue weighted by atomic mass is 127. The summed E-state index contributed by atoms with van der Waals surface area (Å²) in [6.45, 7) is 2.02. The molecule has 8 heteroatoms. The molecule has 0 radical (unpaired) electrons. The second-order valence-electron chi connectivity index (χ2n) is 6.83. The summed E-state index contributed by atoms with van der Waals surface area (Å²) < 4.78 is 4.03. The number of nitrogens with zero attached hydrogens (tertiary/aromatic N) is 5. The number of nitrogens with one attached hydrogen (secondary N) is 2. The quantitative estimate of drug-likeness (QED) is 0.235. The summed E-state index contributed by atoms with van der Waals surface area (Å²) in [5, 5.41) is 11.1.